The Morgan fingerprint density at radius 3 is 2.56 bits per heavy atom. The Labute approximate surface area is 147 Å². The molecular formula is C18H14N4O2S. The van der Waals surface area contributed by atoms with Crippen LogP contribution in [-0.4, -0.2) is 28.2 Å². The van der Waals surface area contributed by atoms with E-state index in [1.807, 2.05) is 22.7 Å². The van der Waals surface area contributed by atoms with Crippen molar-refractivity contribution in [3.05, 3.63) is 66.0 Å². The van der Waals surface area contributed by atoms with E-state index in [9.17, 15) is 9.59 Å². The molecule has 0 bridgehead atoms. The van der Waals surface area contributed by atoms with E-state index in [1.165, 1.54) is 0 Å². The number of benzene rings is 2. The number of nitrogens with one attached hydrogen (secondary N) is 2. The van der Waals surface area contributed by atoms with Crippen molar-refractivity contribution < 1.29 is 9.59 Å². The molecule has 0 fully saturated rings. The Hall–Kier alpha value is -3.19. The first-order valence-electron chi connectivity index (χ1n) is 7.65. The highest BCUT2D eigenvalue weighted by molar-refractivity contribution is 7.23. The lowest BCUT2D eigenvalue weighted by atomic mass is 10.1. The molecule has 0 atom stereocenters. The number of anilines is 1. The van der Waals surface area contributed by atoms with Gasteiger partial charge in [-0.05, 0) is 42.5 Å². The Balaban J connectivity index is 1.57. The highest BCUT2D eigenvalue weighted by Crippen LogP contribution is 2.26. The minimum atomic E-state index is -0.194. The molecule has 6 nitrogen and oxygen atoms in total. The lowest BCUT2D eigenvalue weighted by molar-refractivity contribution is 0.0962. The number of rotatable bonds is 3. The maximum Gasteiger partial charge on any atom is 0.255 e. The Bertz CT molecular complexity index is 1100. The van der Waals surface area contributed by atoms with Crippen LogP contribution in [0.15, 0.2) is 54.9 Å². The SMILES string of the molecule is CNC(=O)c1ccc(NC(=O)c2ccc3c(c2)sc2nccn23)cc1. The normalized spacial score (nSPS) is 10.9. The molecule has 4 aromatic rings. The van der Waals surface area contributed by atoms with E-state index in [4.69, 9.17) is 0 Å². The minimum Gasteiger partial charge on any atom is -0.355 e. The summed E-state index contributed by atoms with van der Waals surface area (Å²) in [7, 11) is 1.58. The summed E-state index contributed by atoms with van der Waals surface area (Å²) >= 11 is 1.54. The molecule has 2 aromatic carbocycles. The van der Waals surface area contributed by atoms with E-state index >= 15 is 0 Å². The fourth-order valence-corrected chi connectivity index (χ4v) is 3.66. The summed E-state index contributed by atoms with van der Waals surface area (Å²) in [6, 6.07) is 12.3. The number of thiazole rings is 1. The molecule has 0 unspecified atom stereocenters. The van der Waals surface area contributed by atoms with Crippen molar-refractivity contribution in [3.8, 4) is 0 Å². The van der Waals surface area contributed by atoms with Crippen LogP contribution < -0.4 is 10.6 Å². The number of nitrogens with zero attached hydrogens (tertiary/aromatic N) is 2. The van der Waals surface area contributed by atoms with Crippen molar-refractivity contribution in [2.75, 3.05) is 12.4 Å². The first-order valence-corrected chi connectivity index (χ1v) is 8.46. The van der Waals surface area contributed by atoms with Crippen LogP contribution in [0.3, 0.4) is 0 Å². The van der Waals surface area contributed by atoms with Gasteiger partial charge < -0.3 is 10.6 Å². The van der Waals surface area contributed by atoms with Crippen molar-refractivity contribution in [2.24, 2.45) is 0 Å². The molecule has 0 aliphatic heterocycles. The first-order chi connectivity index (χ1) is 12.2. The average Bonchev–Trinajstić information content (AvgIpc) is 3.22. The molecule has 2 N–H and O–H groups in total. The third-order valence-electron chi connectivity index (χ3n) is 3.92. The van der Waals surface area contributed by atoms with Crippen LogP contribution in [-0.2, 0) is 0 Å². The van der Waals surface area contributed by atoms with Crippen LogP contribution >= 0.6 is 11.3 Å². The van der Waals surface area contributed by atoms with Crippen LogP contribution in [0.2, 0.25) is 0 Å². The lowest BCUT2D eigenvalue weighted by Gasteiger charge is -2.06. The molecule has 0 spiro atoms. The summed E-state index contributed by atoms with van der Waals surface area (Å²) in [5, 5.41) is 5.41. The zero-order valence-electron chi connectivity index (χ0n) is 13.3. The number of imidazole rings is 1. The minimum absolute atomic E-state index is 0.161. The quantitative estimate of drug-likeness (QED) is 0.596. The summed E-state index contributed by atoms with van der Waals surface area (Å²) in [4.78, 5) is 29.2. The smallest absolute Gasteiger partial charge is 0.255 e. The average molecular weight is 350 g/mol. The van der Waals surface area contributed by atoms with Gasteiger partial charge in [-0.2, -0.15) is 0 Å². The number of hydrogen-bond acceptors (Lipinski definition) is 4. The zero-order chi connectivity index (χ0) is 17.4. The molecular weight excluding hydrogens is 336 g/mol. The molecule has 2 aromatic heterocycles. The van der Waals surface area contributed by atoms with Crippen LogP contribution in [0.1, 0.15) is 20.7 Å². The molecule has 4 rings (SSSR count). The number of aromatic nitrogens is 2. The van der Waals surface area contributed by atoms with Gasteiger partial charge in [0.2, 0.25) is 0 Å². The van der Waals surface area contributed by atoms with E-state index in [1.54, 1.807) is 54.9 Å². The summed E-state index contributed by atoms with van der Waals surface area (Å²) in [5.41, 5.74) is 2.79. The van der Waals surface area contributed by atoms with Crippen LogP contribution in [0.25, 0.3) is 15.2 Å². The predicted octanol–water partition coefficient (Wildman–Crippen LogP) is 3.16. The van der Waals surface area contributed by atoms with E-state index in [0.717, 1.165) is 15.2 Å². The summed E-state index contributed by atoms with van der Waals surface area (Å²) < 4.78 is 3.00. The van der Waals surface area contributed by atoms with Gasteiger partial charge in [0.1, 0.15) is 0 Å². The molecule has 2 amide bonds. The fourth-order valence-electron chi connectivity index (χ4n) is 2.64. The maximum atomic E-state index is 12.5. The third kappa shape index (κ3) is 2.74. The molecule has 0 saturated heterocycles. The summed E-state index contributed by atoms with van der Waals surface area (Å²) in [6.45, 7) is 0. The van der Waals surface area contributed by atoms with Gasteiger partial charge in [-0.15, -0.1) is 0 Å². The highest BCUT2D eigenvalue weighted by atomic mass is 32.1. The Morgan fingerprint density at radius 1 is 1.04 bits per heavy atom. The van der Waals surface area contributed by atoms with E-state index < -0.39 is 0 Å². The van der Waals surface area contributed by atoms with Gasteiger partial charge in [0.15, 0.2) is 4.96 Å². The number of hydrogen-bond donors (Lipinski definition) is 2. The molecule has 0 saturated carbocycles. The van der Waals surface area contributed by atoms with Crippen molar-refractivity contribution in [1.82, 2.24) is 14.7 Å². The van der Waals surface area contributed by atoms with Gasteiger partial charge in [-0.1, -0.05) is 11.3 Å². The molecule has 0 aliphatic carbocycles. The van der Waals surface area contributed by atoms with Crippen molar-refractivity contribution in [2.45, 2.75) is 0 Å². The topological polar surface area (TPSA) is 75.5 Å². The van der Waals surface area contributed by atoms with Gasteiger partial charge in [-0.25, -0.2) is 4.98 Å². The lowest BCUT2D eigenvalue weighted by Crippen LogP contribution is -2.17. The van der Waals surface area contributed by atoms with Gasteiger partial charge in [-0.3, -0.25) is 14.0 Å². The van der Waals surface area contributed by atoms with Crippen molar-refractivity contribution in [3.63, 3.8) is 0 Å². The zero-order valence-corrected chi connectivity index (χ0v) is 14.1. The van der Waals surface area contributed by atoms with Gasteiger partial charge in [0, 0.05) is 36.3 Å². The van der Waals surface area contributed by atoms with Crippen LogP contribution in [0.4, 0.5) is 5.69 Å². The second kappa shape index (κ2) is 6.03. The molecule has 7 heteroatoms. The number of amides is 2. The first kappa shape index (κ1) is 15.3. The van der Waals surface area contributed by atoms with E-state index in [2.05, 4.69) is 15.6 Å². The Kier molecular flexibility index (Phi) is 3.70. The number of carbonyl (C=O) groups is 2. The van der Waals surface area contributed by atoms with Crippen molar-refractivity contribution >= 4 is 44.0 Å². The predicted molar refractivity (Wildman–Crippen MR) is 98.4 cm³/mol. The van der Waals surface area contributed by atoms with E-state index in [-0.39, 0.29) is 11.8 Å². The van der Waals surface area contributed by atoms with Crippen LogP contribution in [0.5, 0.6) is 0 Å². The largest absolute Gasteiger partial charge is 0.355 e. The fraction of sp³-hybridized carbons (Fsp3) is 0.0556. The van der Waals surface area contributed by atoms with Gasteiger partial charge in [0.05, 0.1) is 10.2 Å². The Morgan fingerprint density at radius 2 is 1.80 bits per heavy atom. The summed E-state index contributed by atoms with van der Waals surface area (Å²) in [6.07, 6.45) is 3.66. The number of carbonyl (C=O) groups excluding carboxylic acids is 2. The van der Waals surface area contributed by atoms with E-state index in [0.29, 0.717) is 16.8 Å². The second-order valence-corrected chi connectivity index (χ2v) is 6.48. The van der Waals surface area contributed by atoms with Gasteiger partial charge >= 0.3 is 0 Å². The molecule has 25 heavy (non-hydrogen) atoms. The number of fused-ring (bicyclic) bond motifs is 3. The third-order valence-corrected chi connectivity index (χ3v) is 4.95. The van der Waals surface area contributed by atoms with Crippen LogP contribution in [0, 0.1) is 0 Å². The molecule has 0 aliphatic rings. The van der Waals surface area contributed by atoms with Gasteiger partial charge in [0.25, 0.3) is 11.8 Å². The summed E-state index contributed by atoms with van der Waals surface area (Å²) in [5.74, 6) is -0.355. The maximum absolute atomic E-state index is 12.5. The molecule has 0 radical (unpaired) electrons. The monoisotopic (exact) mass is 350 g/mol. The molecule has 2 heterocycles. The second-order valence-electron chi connectivity index (χ2n) is 5.47. The highest BCUT2D eigenvalue weighted by Gasteiger charge is 2.11. The van der Waals surface area contributed by atoms with Crippen molar-refractivity contribution in [1.29, 1.82) is 0 Å². The molecule has 124 valence electrons. The standard InChI is InChI=1S/C18H14N4O2S/c1-19-16(23)11-2-5-13(6-3-11)21-17(24)12-4-7-14-15(10-12)25-18-20-8-9-22(14)18/h2-10H,1H3,(H,19,23)(H,21,24).